The molecule has 1 rings (SSSR count). The van der Waals surface area contributed by atoms with E-state index in [1.165, 1.54) is 6.07 Å². The average molecular weight is 332 g/mol. The van der Waals surface area contributed by atoms with E-state index in [4.69, 9.17) is 0 Å². The van der Waals surface area contributed by atoms with Crippen LogP contribution in [0.25, 0.3) is 0 Å². The van der Waals surface area contributed by atoms with Gasteiger partial charge in [-0.2, -0.15) is 8.78 Å². The Bertz CT molecular complexity index is 373. The van der Waals surface area contributed by atoms with Gasteiger partial charge in [-0.05, 0) is 50.1 Å². The van der Waals surface area contributed by atoms with Crippen molar-refractivity contribution in [2.24, 2.45) is 0 Å². The molecule has 1 nitrogen and oxygen atoms in total. The maximum atomic E-state index is 12.9. The van der Waals surface area contributed by atoms with E-state index in [9.17, 15) is 18.0 Å². The summed E-state index contributed by atoms with van der Waals surface area (Å²) >= 11 is 4.75. The summed E-state index contributed by atoms with van der Waals surface area (Å²) < 4.78 is 37.9. The van der Waals surface area contributed by atoms with E-state index in [0.717, 1.165) is 12.1 Å². The second-order valence-electron chi connectivity index (χ2n) is 2.46. The molecule has 0 unspecified atom stereocenters. The zero-order valence-electron chi connectivity index (χ0n) is 6.53. The molecule has 0 amide bonds. The van der Waals surface area contributed by atoms with Crippen LogP contribution in [0.2, 0.25) is 0 Å². The monoisotopic (exact) mass is 330 g/mol. The van der Waals surface area contributed by atoms with Gasteiger partial charge in [0.1, 0.15) is 5.82 Å². The zero-order chi connectivity index (χ0) is 10.9. The van der Waals surface area contributed by atoms with Gasteiger partial charge in [-0.3, -0.25) is 4.79 Å². The molecule has 6 heteroatoms. The molecule has 0 aliphatic rings. The van der Waals surface area contributed by atoms with Gasteiger partial charge in [0.2, 0.25) is 5.78 Å². The van der Waals surface area contributed by atoms with Crippen molar-refractivity contribution in [3.63, 3.8) is 0 Å². The minimum atomic E-state index is -3.66. The predicted octanol–water partition coefficient (Wildman–Crippen LogP) is 3.76. The first-order valence-electron chi connectivity index (χ1n) is 3.39. The van der Waals surface area contributed by atoms with Gasteiger partial charge in [0, 0.05) is 5.56 Å². The summed E-state index contributed by atoms with van der Waals surface area (Å²) in [5.41, 5.74) is -0.382. The molecule has 1 aromatic carbocycles. The molecule has 0 heterocycles. The zero-order valence-corrected chi connectivity index (χ0v) is 9.70. The van der Waals surface area contributed by atoms with Crippen LogP contribution in [0.3, 0.4) is 0 Å². The van der Waals surface area contributed by atoms with Gasteiger partial charge in [0.05, 0.1) is 4.47 Å². The molecule has 76 valence electrons. The normalized spacial score (nSPS) is 11.5. The van der Waals surface area contributed by atoms with Gasteiger partial charge in [0.25, 0.3) is 0 Å². The third kappa shape index (κ3) is 2.57. The first-order chi connectivity index (χ1) is 6.32. The summed E-state index contributed by atoms with van der Waals surface area (Å²) in [5.74, 6) is -2.23. The number of alkyl halides is 3. The molecule has 1 aromatic rings. The van der Waals surface area contributed by atoms with E-state index in [1.807, 2.05) is 15.9 Å². The van der Waals surface area contributed by atoms with Crippen molar-refractivity contribution in [2.75, 3.05) is 0 Å². The van der Waals surface area contributed by atoms with Crippen LogP contribution in [0.5, 0.6) is 0 Å². The Balaban J connectivity index is 3.10. The number of carbonyl (C=O) groups is 1. The summed E-state index contributed by atoms with van der Waals surface area (Å²) in [7, 11) is 0. The predicted molar refractivity (Wildman–Crippen MR) is 52.3 cm³/mol. The molecule has 0 aromatic heterocycles. The largest absolute Gasteiger partial charge is 0.363 e. The Morgan fingerprint density at radius 1 is 1.36 bits per heavy atom. The summed E-state index contributed by atoms with van der Waals surface area (Å²) in [6, 6.07) is 3.06. The number of hydrogen-bond donors (Lipinski definition) is 0. The molecule has 0 fully saturated rings. The molecule has 0 bridgehead atoms. The maximum Gasteiger partial charge on any atom is 0.363 e. The van der Waals surface area contributed by atoms with E-state index >= 15 is 0 Å². The number of carbonyl (C=O) groups excluding carboxylic acids is 1. The first-order valence-corrected chi connectivity index (χ1v) is 4.97. The highest BCUT2D eigenvalue weighted by Gasteiger charge is 2.35. The fourth-order valence-corrected chi connectivity index (χ4v) is 1.28. The molecule has 0 spiro atoms. The van der Waals surface area contributed by atoms with E-state index < -0.39 is 16.4 Å². The quantitative estimate of drug-likeness (QED) is 0.595. The highest BCUT2D eigenvalue weighted by Crippen LogP contribution is 2.28. The van der Waals surface area contributed by atoms with E-state index in [2.05, 4.69) is 15.9 Å². The van der Waals surface area contributed by atoms with Crippen LogP contribution in [-0.2, 0) is 0 Å². The standard InChI is InChI=1S/C8H3Br2F3O/c9-5-2-1-4(3-6(5)11)7(14)8(10,12)13/h1-3H. The van der Waals surface area contributed by atoms with Crippen LogP contribution in [-0.4, -0.2) is 10.6 Å². The summed E-state index contributed by atoms with van der Waals surface area (Å²) in [5, 5.41) is 0. The van der Waals surface area contributed by atoms with Crippen molar-refractivity contribution in [3.05, 3.63) is 34.1 Å². The molecule has 0 radical (unpaired) electrons. The number of halogens is 5. The van der Waals surface area contributed by atoms with Crippen molar-refractivity contribution in [1.29, 1.82) is 0 Å². The minimum absolute atomic E-state index is 0.118. The number of ketones is 1. The van der Waals surface area contributed by atoms with Gasteiger partial charge in [-0.25, -0.2) is 4.39 Å². The molecule has 0 atom stereocenters. The van der Waals surface area contributed by atoms with Crippen LogP contribution in [0.4, 0.5) is 13.2 Å². The third-order valence-electron chi connectivity index (χ3n) is 1.44. The Morgan fingerprint density at radius 3 is 2.36 bits per heavy atom. The smallest absolute Gasteiger partial charge is 0.286 e. The number of hydrogen-bond acceptors (Lipinski definition) is 1. The van der Waals surface area contributed by atoms with Gasteiger partial charge in [-0.1, -0.05) is 0 Å². The topological polar surface area (TPSA) is 17.1 Å². The van der Waals surface area contributed by atoms with Crippen molar-refractivity contribution in [1.82, 2.24) is 0 Å². The average Bonchev–Trinajstić information content (AvgIpc) is 2.07. The van der Waals surface area contributed by atoms with Crippen molar-refractivity contribution in [2.45, 2.75) is 4.83 Å². The molecule has 0 saturated carbocycles. The van der Waals surface area contributed by atoms with Gasteiger partial charge >= 0.3 is 4.83 Å². The van der Waals surface area contributed by atoms with Gasteiger partial charge in [-0.15, -0.1) is 0 Å². The van der Waals surface area contributed by atoms with Crippen LogP contribution in [0.15, 0.2) is 22.7 Å². The van der Waals surface area contributed by atoms with E-state index in [-0.39, 0.29) is 10.0 Å². The lowest BCUT2D eigenvalue weighted by atomic mass is 10.1. The second kappa shape index (κ2) is 4.02. The minimum Gasteiger partial charge on any atom is -0.286 e. The van der Waals surface area contributed by atoms with E-state index in [1.54, 1.807) is 0 Å². The molecule has 0 aliphatic carbocycles. The maximum absolute atomic E-state index is 12.9. The first kappa shape index (κ1) is 11.7. The van der Waals surface area contributed by atoms with E-state index in [0.29, 0.717) is 0 Å². The van der Waals surface area contributed by atoms with Crippen LogP contribution in [0, 0.1) is 5.82 Å². The van der Waals surface area contributed by atoms with Gasteiger partial charge < -0.3 is 0 Å². The summed E-state index contributed by atoms with van der Waals surface area (Å²) in [4.78, 5) is 7.29. The van der Waals surface area contributed by atoms with Crippen molar-refractivity contribution in [3.8, 4) is 0 Å². The number of rotatable bonds is 2. The molecular weight excluding hydrogens is 329 g/mol. The molecule has 0 N–H and O–H groups in total. The third-order valence-corrected chi connectivity index (χ3v) is 2.44. The highest BCUT2D eigenvalue weighted by molar-refractivity contribution is 9.10. The number of Topliss-reactive ketones (excluding diaryl/α,β-unsaturated/α-hetero) is 1. The second-order valence-corrected chi connectivity index (χ2v) is 4.31. The summed E-state index contributed by atoms with van der Waals surface area (Å²) in [6.07, 6.45) is 0. The fourth-order valence-electron chi connectivity index (χ4n) is 0.801. The lowest BCUT2D eigenvalue weighted by molar-refractivity contribution is 0.0592. The highest BCUT2D eigenvalue weighted by atomic mass is 79.9. The Morgan fingerprint density at radius 2 is 1.93 bits per heavy atom. The van der Waals surface area contributed by atoms with Crippen LogP contribution < -0.4 is 0 Å². The fraction of sp³-hybridized carbons (Fsp3) is 0.125. The molecule has 14 heavy (non-hydrogen) atoms. The lowest BCUT2D eigenvalue weighted by Gasteiger charge is -2.06. The van der Waals surface area contributed by atoms with Gasteiger partial charge in [0.15, 0.2) is 0 Å². The van der Waals surface area contributed by atoms with Crippen LogP contribution in [0.1, 0.15) is 10.4 Å². The Labute approximate surface area is 94.6 Å². The summed E-state index contributed by atoms with van der Waals surface area (Å²) in [6.45, 7) is 0. The van der Waals surface area contributed by atoms with Crippen molar-refractivity contribution >= 4 is 37.6 Å². The van der Waals surface area contributed by atoms with Crippen LogP contribution >= 0.6 is 31.9 Å². The number of benzene rings is 1. The lowest BCUT2D eigenvalue weighted by Crippen LogP contribution is -2.20. The molecular formula is C8H3Br2F3O. The molecule has 0 saturated heterocycles. The SMILES string of the molecule is O=C(c1ccc(Br)c(F)c1)C(F)(F)Br. The molecule has 0 aliphatic heterocycles. The Kier molecular flexibility index (Phi) is 3.36. The Hall–Kier alpha value is -0.360. The van der Waals surface area contributed by atoms with Crippen molar-refractivity contribution < 1.29 is 18.0 Å².